The number of para-hydroxylation sites is 1. The van der Waals surface area contributed by atoms with Gasteiger partial charge in [-0.2, -0.15) is 13.2 Å². The van der Waals surface area contributed by atoms with Gasteiger partial charge in [-0.05, 0) is 19.1 Å². The zero-order chi connectivity index (χ0) is 14.2. The van der Waals surface area contributed by atoms with Gasteiger partial charge in [-0.1, -0.05) is 6.07 Å². The van der Waals surface area contributed by atoms with E-state index in [1.54, 1.807) is 6.92 Å². The molecule has 0 spiro atoms. The van der Waals surface area contributed by atoms with E-state index in [0.29, 0.717) is 0 Å². The SMILES string of the molecule is CC(N)Cc1nc2c(C(F)(F)F)cccc2c(=O)[nH]1. The van der Waals surface area contributed by atoms with Crippen molar-refractivity contribution >= 4 is 10.9 Å². The number of aromatic nitrogens is 2. The van der Waals surface area contributed by atoms with Crippen LogP contribution in [0.5, 0.6) is 0 Å². The number of nitrogens with one attached hydrogen (secondary N) is 1. The van der Waals surface area contributed by atoms with E-state index < -0.39 is 17.3 Å². The van der Waals surface area contributed by atoms with Crippen LogP contribution < -0.4 is 11.3 Å². The second kappa shape index (κ2) is 4.65. The summed E-state index contributed by atoms with van der Waals surface area (Å²) in [4.78, 5) is 18.1. The highest BCUT2D eigenvalue weighted by Crippen LogP contribution is 2.32. The molecule has 0 aliphatic rings. The van der Waals surface area contributed by atoms with E-state index in [-0.39, 0.29) is 29.2 Å². The number of nitrogens with two attached hydrogens (primary N) is 1. The molecule has 1 aromatic heterocycles. The van der Waals surface area contributed by atoms with E-state index in [0.717, 1.165) is 6.07 Å². The van der Waals surface area contributed by atoms with Crippen LogP contribution in [0.3, 0.4) is 0 Å². The highest BCUT2D eigenvalue weighted by atomic mass is 19.4. The molecule has 0 bridgehead atoms. The van der Waals surface area contributed by atoms with Crippen molar-refractivity contribution in [3.8, 4) is 0 Å². The Morgan fingerprint density at radius 2 is 2.11 bits per heavy atom. The summed E-state index contributed by atoms with van der Waals surface area (Å²) in [5.74, 6) is 0.157. The van der Waals surface area contributed by atoms with Crippen molar-refractivity contribution in [2.45, 2.75) is 25.6 Å². The third-order valence-electron chi connectivity index (χ3n) is 2.61. The van der Waals surface area contributed by atoms with Gasteiger partial charge in [0.05, 0.1) is 16.5 Å². The van der Waals surface area contributed by atoms with Crippen LogP contribution in [0.15, 0.2) is 23.0 Å². The van der Waals surface area contributed by atoms with Crippen LogP contribution in [0.25, 0.3) is 10.9 Å². The van der Waals surface area contributed by atoms with Crippen molar-refractivity contribution in [1.29, 1.82) is 0 Å². The Kier molecular flexibility index (Phi) is 3.32. The third-order valence-corrected chi connectivity index (χ3v) is 2.61. The van der Waals surface area contributed by atoms with Crippen molar-refractivity contribution in [3.63, 3.8) is 0 Å². The van der Waals surface area contributed by atoms with Crippen molar-refractivity contribution in [2.24, 2.45) is 5.73 Å². The van der Waals surface area contributed by atoms with Crippen LogP contribution in [0.2, 0.25) is 0 Å². The van der Waals surface area contributed by atoms with Crippen LogP contribution in [-0.2, 0) is 12.6 Å². The number of H-pyrrole nitrogens is 1. The van der Waals surface area contributed by atoms with Gasteiger partial charge in [0.15, 0.2) is 0 Å². The minimum Gasteiger partial charge on any atom is -0.328 e. The van der Waals surface area contributed by atoms with E-state index >= 15 is 0 Å². The highest BCUT2D eigenvalue weighted by molar-refractivity contribution is 5.81. The first kappa shape index (κ1) is 13.5. The highest BCUT2D eigenvalue weighted by Gasteiger charge is 2.33. The van der Waals surface area contributed by atoms with Crippen LogP contribution in [0.4, 0.5) is 13.2 Å². The standard InChI is InChI=1S/C12H12F3N3O/c1-6(16)5-9-17-10-7(11(19)18-9)3-2-4-8(10)12(13,14)15/h2-4,6H,5,16H2,1H3,(H,17,18,19). The lowest BCUT2D eigenvalue weighted by atomic mass is 10.1. The Morgan fingerprint density at radius 3 is 2.68 bits per heavy atom. The molecule has 4 nitrogen and oxygen atoms in total. The molecule has 2 rings (SSSR count). The minimum atomic E-state index is -4.55. The number of fused-ring (bicyclic) bond motifs is 1. The number of aromatic amines is 1. The first-order chi connectivity index (χ1) is 8.79. The molecule has 1 unspecified atom stereocenters. The summed E-state index contributed by atoms with van der Waals surface area (Å²) in [6, 6.07) is 3.10. The van der Waals surface area contributed by atoms with E-state index in [9.17, 15) is 18.0 Å². The second-order valence-corrected chi connectivity index (χ2v) is 4.39. The Balaban J connectivity index is 2.73. The topological polar surface area (TPSA) is 71.8 Å². The first-order valence-electron chi connectivity index (χ1n) is 5.63. The fourth-order valence-corrected chi connectivity index (χ4v) is 1.84. The number of halogens is 3. The first-order valence-corrected chi connectivity index (χ1v) is 5.63. The Labute approximate surface area is 106 Å². The van der Waals surface area contributed by atoms with Gasteiger partial charge >= 0.3 is 6.18 Å². The average molecular weight is 271 g/mol. The fourth-order valence-electron chi connectivity index (χ4n) is 1.84. The molecule has 0 saturated heterocycles. The molecule has 19 heavy (non-hydrogen) atoms. The van der Waals surface area contributed by atoms with Gasteiger partial charge in [0, 0.05) is 12.5 Å². The van der Waals surface area contributed by atoms with Gasteiger partial charge in [-0.25, -0.2) is 4.98 Å². The maximum atomic E-state index is 12.9. The smallest absolute Gasteiger partial charge is 0.328 e. The lowest BCUT2D eigenvalue weighted by molar-refractivity contribution is -0.136. The average Bonchev–Trinajstić information content (AvgIpc) is 2.26. The quantitative estimate of drug-likeness (QED) is 0.875. The number of nitrogens with zero attached hydrogens (tertiary/aromatic N) is 1. The van der Waals surface area contributed by atoms with Crippen LogP contribution in [0.1, 0.15) is 18.3 Å². The molecule has 1 atom stereocenters. The summed E-state index contributed by atoms with van der Waals surface area (Å²) in [7, 11) is 0. The minimum absolute atomic E-state index is 0.0803. The summed E-state index contributed by atoms with van der Waals surface area (Å²) in [6.45, 7) is 1.68. The third kappa shape index (κ3) is 2.76. The number of alkyl halides is 3. The van der Waals surface area contributed by atoms with Gasteiger partial charge in [0.2, 0.25) is 0 Å². The van der Waals surface area contributed by atoms with E-state index in [2.05, 4.69) is 9.97 Å². The number of hydrogen-bond donors (Lipinski definition) is 2. The summed E-state index contributed by atoms with van der Waals surface area (Å²) < 4.78 is 38.6. The second-order valence-electron chi connectivity index (χ2n) is 4.39. The predicted molar refractivity (Wildman–Crippen MR) is 64.7 cm³/mol. The molecule has 7 heteroatoms. The molecule has 1 heterocycles. The summed E-state index contributed by atoms with van der Waals surface area (Å²) in [5, 5.41) is -0.0803. The Morgan fingerprint density at radius 1 is 1.42 bits per heavy atom. The van der Waals surface area contributed by atoms with Gasteiger partial charge < -0.3 is 10.7 Å². The van der Waals surface area contributed by atoms with Gasteiger partial charge in [0.25, 0.3) is 5.56 Å². The van der Waals surface area contributed by atoms with Gasteiger partial charge in [-0.3, -0.25) is 4.79 Å². The molecule has 0 fully saturated rings. The molecular weight excluding hydrogens is 259 g/mol. The van der Waals surface area contributed by atoms with Gasteiger partial charge in [0.1, 0.15) is 5.82 Å². The van der Waals surface area contributed by atoms with Crippen molar-refractivity contribution in [3.05, 3.63) is 39.9 Å². The van der Waals surface area contributed by atoms with Crippen molar-refractivity contribution < 1.29 is 13.2 Å². The summed E-state index contributed by atoms with van der Waals surface area (Å²) >= 11 is 0. The molecular formula is C12H12F3N3O. The van der Waals surface area contributed by atoms with E-state index in [1.807, 2.05) is 0 Å². The maximum Gasteiger partial charge on any atom is 0.418 e. The van der Waals surface area contributed by atoms with Crippen LogP contribution >= 0.6 is 0 Å². The monoisotopic (exact) mass is 271 g/mol. The number of benzene rings is 1. The number of hydrogen-bond acceptors (Lipinski definition) is 3. The molecule has 2 aromatic rings. The molecule has 0 saturated carbocycles. The molecule has 1 aromatic carbocycles. The van der Waals surface area contributed by atoms with E-state index in [4.69, 9.17) is 5.73 Å². The Hall–Kier alpha value is -1.89. The molecule has 102 valence electrons. The summed E-state index contributed by atoms with van der Waals surface area (Å²) in [6.07, 6.45) is -4.34. The lowest BCUT2D eigenvalue weighted by Gasteiger charge is -2.11. The molecule has 0 amide bonds. The van der Waals surface area contributed by atoms with Crippen LogP contribution in [0, 0.1) is 0 Å². The largest absolute Gasteiger partial charge is 0.418 e. The van der Waals surface area contributed by atoms with E-state index in [1.165, 1.54) is 12.1 Å². The number of rotatable bonds is 2. The summed E-state index contributed by atoms with van der Waals surface area (Å²) in [5.41, 5.74) is 3.71. The molecule has 0 radical (unpaired) electrons. The predicted octanol–water partition coefficient (Wildman–Crippen LogP) is 1.83. The normalized spacial score (nSPS) is 13.7. The molecule has 0 aliphatic carbocycles. The zero-order valence-electron chi connectivity index (χ0n) is 10.1. The van der Waals surface area contributed by atoms with Crippen molar-refractivity contribution in [1.82, 2.24) is 9.97 Å². The van der Waals surface area contributed by atoms with Crippen molar-refractivity contribution in [2.75, 3.05) is 0 Å². The zero-order valence-corrected chi connectivity index (χ0v) is 10.1. The molecule has 0 aliphatic heterocycles. The van der Waals surface area contributed by atoms with Crippen LogP contribution in [-0.4, -0.2) is 16.0 Å². The maximum absolute atomic E-state index is 12.9. The van der Waals surface area contributed by atoms with Gasteiger partial charge in [-0.15, -0.1) is 0 Å². The molecule has 3 N–H and O–H groups in total. The lowest BCUT2D eigenvalue weighted by Crippen LogP contribution is -2.23. The fraction of sp³-hybridized carbons (Fsp3) is 0.333. The Bertz CT molecular complexity index is 661.